The molecule has 4 nitrogen and oxygen atoms in total. The molecule has 4 heteroatoms. The number of nitrogens with two attached hydrogens (primary N) is 1. The van der Waals surface area contributed by atoms with Gasteiger partial charge in [-0.2, -0.15) is 5.10 Å². The van der Waals surface area contributed by atoms with Gasteiger partial charge in [0.2, 0.25) is 0 Å². The molecule has 0 amide bonds. The lowest BCUT2D eigenvalue weighted by Gasteiger charge is -2.16. The first-order chi connectivity index (χ1) is 6.75. The van der Waals surface area contributed by atoms with Gasteiger partial charge in [-0.15, -0.1) is 0 Å². The van der Waals surface area contributed by atoms with E-state index in [2.05, 4.69) is 5.10 Å². The molecular weight excluding hydrogens is 178 g/mol. The topological polar surface area (TPSA) is 53.1 Å². The van der Waals surface area contributed by atoms with E-state index in [-0.39, 0.29) is 6.04 Å². The molecule has 2 heterocycles. The highest BCUT2D eigenvalue weighted by molar-refractivity contribution is 5.06. The third-order valence-electron chi connectivity index (χ3n) is 2.80. The predicted octanol–water partition coefficient (Wildman–Crippen LogP) is 0.326. The Morgan fingerprint density at radius 1 is 1.79 bits per heavy atom. The molecule has 0 spiro atoms. The summed E-state index contributed by atoms with van der Waals surface area (Å²) >= 11 is 0. The van der Waals surface area contributed by atoms with Crippen LogP contribution in [0, 0.1) is 5.92 Å². The molecule has 2 N–H and O–H groups in total. The fourth-order valence-corrected chi connectivity index (χ4v) is 1.91. The van der Waals surface area contributed by atoms with Gasteiger partial charge in [0.05, 0.1) is 12.8 Å². The highest BCUT2D eigenvalue weighted by atomic mass is 16.5. The molecule has 0 aliphatic carbocycles. The lowest BCUT2D eigenvalue weighted by molar-refractivity contribution is 0.180. The maximum Gasteiger partial charge on any atom is 0.0522 e. The second-order valence-electron chi connectivity index (χ2n) is 4.01. The molecule has 1 aromatic heterocycles. The largest absolute Gasteiger partial charge is 0.381 e. The van der Waals surface area contributed by atoms with E-state index in [1.807, 2.05) is 24.1 Å². The molecule has 0 bridgehead atoms. The number of hydrogen-bond acceptors (Lipinski definition) is 3. The second-order valence-corrected chi connectivity index (χ2v) is 4.01. The molecule has 2 rings (SSSR count). The van der Waals surface area contributed by atoms with Gasteiger partial charge in [0.1, 0.15) is 0 Å². The monoisotopic (exact) mass is 195 g/mol. The van der Waals surface area contributed by atoms with Crippen molar-refractivity contribution < 1.29 is 4.74 Å². The van der Waals surface area contributed by atoms with E-state index in [4.69, 9.17) is 10.5 Å². The normalized spacial score (nSPS) is 24.0. The number of nitrogens with zero attached hydrogens (tertiary/aromatic N) is 2. The smallest absolute Gasteiger partial charge is 0.0522 e. The Morgan fingerprint density at radius 2 is 2.64 bits per heavy atom. The van der Waals surface area contributed by atoms with Crippen LogP contribution in [0.4, 0.5) is 0 Å². The van der Waals surface area contributed by atoms with E-state index in [9.17, 15) is 0 Å². The van der Waals surface area contributed by atoms with E-state index in [0.29, 0.717) is 5.92 Å². The van der Waals surface area contributed by atoms with Crippen molar-refractivity contribution in [3.63, 3.8) is 0 Å². The van der Waals surface area contributed by atoms with Gasteiger partial charge >= 0.3 is 0 Å². The van der Waals surface area contributed by atoms with Crippen molar-refractivity contribution in [3.8, 4) is 0 Å². The van der Waals surface area contributed by atoms with Gasteiger partial charge in [0, 0.05) is 25.9 Å². The first-order valence-electron chi connectivity index (χ1n) is 5.06. The van der Waals surface area contributed by atoms with Gasteiger partial charge in [0.25, 0.3) is 0 Å². The van der Waals surface area contributed by atoms with Gasteiger partial charge < -0.3 is 10.5 Å². The van der Waals surface area contributed by atoms with Gasteiger partial charge in [-0.25, -0.2) is 0 Å². The SMILES string of the molecule is Cn1cc(CC(N)C2CCOC2)cn1. The van der Waals surface area contributed by atoms with Crippen LogP contribution < -0.4 is 5.73 Å². The summed E-state index contributed by atoms with van der Waals surface area (Å²) in [4.78, 5) is 0. The molecule has 1 fully saturated rings. The third-order valence-corrected chi connectivity index (χ3v) is 2.80. The van der Waals surface area contributed by atoms with Gasteiger partial charge in [-0.3, -0.25) is 4.68 Å². The first kappa shape index (κ1) is 9.68. The molecule has 1 aliphatic heterocycles. The predicted molar refractivity (Wildman–Crippen MR) is 53.8 cm³/mol. The van der Waals surface area contributed by atoms with Crippen molar-refractivity contribution in [1.29, 1.82) is 0 Å². The molecule has 1 aromatic rings. The molecule has 2 atom stereocenters. The molecule has 0 saturated carbocycles. The van der Waals surface area contributed by atoms with E-state index in [1.165, 1.54) is 5.56 Å². The zero-order valence-corrected chi connectivity index (χ0v) is 8.52. The minimum absolute atomic E-state index is 0.210. The number of hydrogen-bond donors (Lipinski definition) is 1. The van der Waals surface area contributed by atoms with Crippen LogP contribution in [0.5, 0.6) is 0 Å². The minimum Gasteiger partial charge on any atom is -0.381 e. The summed E-state index contributed by atoms with van der Waals surface area (Å²) in [6, 6.07) is 0.210. The van der Waals surface area contributed by atoms with Crippen LogP contribution in [-0.2, 0) is 18.2 Å². The van der Waals surface area contributed by atoms with Gasteiger partial charge in [-0.05, 0) is 24.3 Å². The Kier molecular flexibility index (Phi) is 2.84. The molecular formula is C10H17N3O. The zero-order valence-electron chi connectivity index (χ0n) is 8.52. The fourth-order valence-electron chi connectivity index (χ4n) is 1.91. The van der Waals surface area contributed by atoms with Crippen LogP contribution in [0.15, 0.2) is 12.4 Å². The van der Waals surface area contributed by atoms with E-state index in [0.717, 1.165) is 26.1 Å². The third kappa shape index (κ3) is 2.13. The lowest BCUT2D eigenvalue weighted by Crippen LogP contribution is -2.32. The fraction of sp³-hybridized carbons (Fsp3) is 0.700. The van der Waals surface area contributed by atoms with Crippen molar-refractivity contribution in [1.82, 2.24) is 9.78 Å². The van der Waals surface area contributed by atoms with E-state index >= 15 is 0 Å². The van der Waals surface area contributed by atoms with Crippen molar-refractivity contribution in [2.75, 3.05) is 13.2 Å². The zero-order chi connectivity index (χ0) is 9.97. The van der Waals surface area contributed by atoms with Gasteiger partial charge in [-0.1, -0.05) is 0 Å². The number of aromatic nitrogens is 2. The summed E-state index contributed by atoms with van der Waals surface area (Å²) < 4.78 is 7.13. The molecule has 1 saturated heterocycles. The Morgan fingerprint density at radius 3 is 3.21 bits per heavy atom. The maximum absolute atomic E-state index is 6.10. The van der Waals surface area contributed by atoms with Crippen molar-refractivity contribution in [2.45, 2.75) is 18.9 Å². The number of aryl methyl sites for hydroxylation is 1. The molecule has 2 unspecified atom stereocenters. The van der Waals surface area contributed by atoms with E-state index in [1.54, 1.807) is 0 Å². The van der Waals surface area contributed by atoms with Crippen LogP contribution in [0.1, 0.15) is 12.0 Å². The van der Waals surface area contributed by atoms with Crippen LogP contribution in [0.25, 0.3) is 0 Å². The standard InChI is InChI=1S/C10H17N3O/c1-13-6-8(5-12-13)4-10(11)9-2-3-14-7-9/h5-6,9-10H,2-4,7,11H2,1H3. The summed E-state index contributed by atoms with van der Waals surface area (Å²) in [6.45, 7) is 1.69. The van der Waals surface area contributed by atoms with Crippen molar-refractivity contribution in [3.05, 3.63) is 18.0 Å². The van der Waals surface area contributed by atoms with Gasteiger partial charge in [0.15, 0.2) is 0 Å². The molecule has 1 aliphatic rings. The Balaban J connectivity index is 1.90. The Bertz CT molecular complexity index is 291. The summed E-state index contributed by atoms with van der Waals surface area (Å²) in [6.07, 6.45) is 5.91. The van der Waals surface area contributed by atoms with Crippen molar-refractivity contribution >= 4 is 0 Å². The summed E-state index contributed by atoms with van der Waals surface area (Å²) in [5.41, 5.74) is 7.32. The average Bonchev–Trinajstić information content (AvgIpc) is 2.75. The summed E-state index contributed by atoms with van der Waals surface area (Å²) in [5, 5.41) is 4.13. The van der Waals surface area contributed by atoms with Crippen LogP contribution in [-0.4, -0.2) is 29.0 Å². The molecule has 0 radical (unpaired) electrons. The highest BCUT2D eigenvalue weighted by Gasteiger charge is 2.22. The summed E-state index contributed by atoms with van der Waals surface area (Å²) in [7, 11) is 1.92. The Hall–Kier alpha value is -0.870. The number of rotatable bonds is 3. The van der Waals surface area contributed by atoms with Crippen LogP contribution in [0.3, 0.4) is 0 Å². The summed E-state index contributed by atoms with van der Waals surface area (Å²) in [5.74, 6) is 0.523. The highest BCUT2D eigenvalue weighted by Crippen LogP contribution is 2.17. The number of ether oxygens (including phenoxy) is 1. The lowest BCUT2D eigenvalue weighted by atomic mass is 9.95. The van der Waals surface area contributed by atoms with Crippen LogP contribution >= 0.6 is 0 Å². The van der Waals surface area contributed by atoms with E-state index < -0.39 is 0 Å². The minimum atomic E-state index is 0.210. The molecule has 14 heavy (non-hydrogen) atoms. The quantitative estimate of drug-likeness (QED) is 0.756. The van der Waals surface area contributed by atoms with Crippen LogP contribution in [0.2, 0.25) is 0 Å². The van der Waals surface area contributed by atoms with Crippen molar-refractivity contribution in [2.24, 2.45) is 18.7 Å². The molecule has 0 aromatic carbocycles. The second kappa shape index (κ2) is 4.11. The molecule has 78 valence electrons. The maximum atomic E-state index is 6.10. The Labute approximate surface area is 84.0 Å². The average molecular weight is 195 g/mol. The first-order valence-corrected chi connectivity index (χ1v) is 5.06.